The summed E-state index contributed by atoms with van der Waals surface area (Å²) in [6, 6.07) is 7.66. The molecular weight excluding hydrogens is 323 g/mol. The number of nitrogens with zero attached hydrogens (tertiary/aromatic N) is 2. The van der Waals surface area contributed by atoms with Crippen LogP contribution in [0.3, 0.4) is 0 Å². The van der Waals surface area contributed by atoms with Gasteiger partial charge in [0.1, 0.15) is 11.9 Å². The fraction of sp³-hybridized carbons (Fsp3) is 0.278. The highest BCUT2D eigenvalue weighted by Crippen LogP contribution is 2.23. The molecule has 2 aromatic heterocycles. The lowest BCUT2D eigenvalue weighted by atomic mass is 10.0. The average Bonchev–Trinajstić information content (AvgIpc) is 2.98. The number of fused-ring (bicyclic) bond motifs is 1. The number of pyridine rings is 1. The number of halogens is 1. The second kappa shape index (κ2) is 6.98. The third-order valence-electron chi connectivity index (χ3n) is 4.14. The van der Waals surface area contributed by atoms with Crippen molar-refractivity contribution in [3.05, 3.63) is 59.2 Å². The summed E-state index contributed by atoms with van der Waals surface area (Å²) in [6.07, 6.45) is 0.868. The van der Waals surface area contributed by atoms with Crippen molar-refractivity contribution in [1.82, 2.24) is 20.5 Å². The van der Waals surface area contributed by atoms with Gasteiger partial charge in [0, 0.05) is 30.0 Å². The van der Waals surface area contributed by atoms with Crippen LogP contribution in [0.25, 0.3) is 11.0 Å². The number of hydrogen-bond donors (Lipinski definition) is 2. The summed E-state index contributed by atoms with van der Waals surface area (Å²) in [4.78, 5) is 16.7. The predicted molar refractivity (Wildman–Crippen MR) is 91.7 cm³/mol. The minimum Gasteiger partial charge on any atom is -0.375 e. The molecule has 3 rings (SSSR count). The summed E-state index contributed by atoms with van der Waals surface area (Å²) >= 11 is 0. The summed E-state index contributed by atoms with van der Waals surface area (Å²) in [6.45, 7) is 3.63. The van der Waals surface area contributed by atoms with E-state index >= 15 is 0 Å². The van der Waals surface area contributed by atoms with Crippen molar-refractivity contribution in [1.29, 1.82) is 0 Å². The smallest absolute Gasteiger partial charge is 0.253 e. The second-order valence-corrected chi connectivity index (χ2v) is 5.88. The second-order valence-electron chi connectivity index (χ2n) is 5.88. The van der Waals surface area contributed by atoms with Crippen LogP contribution in [0.4, 0.5) is 4.39 Å². The molecule has 7 heteroatoms. The Morgan fingerprint density at radius 2 is 2.12 bits per heavy atom. The Kier molecular flexibility index (Phi) is 4.76. The monoisotopic (exact) mass is 342 g/mol. The topological polar surface area (TPSA) is 79.9 Å². The van der Waals surface area contributed by atoms with Gasteiger partial charge in [-0.1, -0.05) is 18.2 Å². The molecule has 3 aromatic rings. The van der Waals surface area contributed by atoms with Crippen molar-refractivity contribution in [2.24, 2.45) is 0 Å². The molecule has 1 amide bonds. The van der Waals surface area contributed by atoms with Crippen LogP contribution in [0.15, 0.2) is 36.5 Å². The molecule has 2 atom stereocenters. The first kappa shape index (κ1) is 17.0. The number of carbonyl (C=O) groups excluding carboxylic acids is 1. The molecule has 25 heavy (non-hydrogen) atoms. The van der Waals surface area contributed by atoms with E-state index in [1.807, 2.05) is 6.92 Å². The van der Waals surface area contributed by atoms with E-state index < -0.39 is 12.1 Å². The fourth-order valence-electron chi connectivity index (χ4n) is 2.82. The number of rotatable bonds is 5. The number of aryl methyl sites for hydroxylation is 1. The number of nitrogens with one attached hydrogen (secondary N) is 2. The molecule has 0 spiro atoms. The number of benzene rings is 1. The van der Waals surface area contributed by atoms with Gasteiger partial charge in [0.2, 0.25) is 0 Å². The molecule has 0 aliphatic heterocycles. The van der Waals surface area contributed by atoms with Gasteiger partial charge >= 0.3 is 0 Å². The number of carbonyl (C=O) groups is 1. The van der Waals surface area contributed by atoms with E-state index in [2.05, 4.69) is 20.5 Å². The Balaban J connectivity index is 1.80. The first-order valence-corrected chi connectivity index (χ1v) is 7.90. The van der Waals surface area contributed by atoms with Gasteiger partial charge in [-0.3, -0.25) is 9.89 Å². The number of amides is 1. The number of H-pyrrole nitrogens is 1. The van der Waals surface area contributed by atoms with Crippen LogP contribution in [0.2, 0.25) is 0 Å². The lowest BCUT2D eigenvalue weighted by molar-refractivity contribution is 0.0625. The number of aromatic amines is 1. The van der Waals surface area contributed by atoms with E-state index in [4.69, 9.17) is 4.74 Å². The zero-order valence-corrected chi connectivity index (χ0v) is 14.2. The molecule has 0 saturated heterocycles. The molecule has 2 N–H and O–H groups in total. The minimum absolute atomic E-state index is 0.305. The van der Waals surface area contributed by atoms with Gasteiger partial charge in [-0.05, 0) is 26.0 Å². The fourth-order valence-corrected chi connectivity index (χ4v) is 2.82. The molecule has 0 fully saturated rings. The molecule has 1 aromatic carbocycles. The number of hydrogen-bond acceptors (Lipinski definition) is 4. The van der Waals surface area contributed by atoms with Crippen molar-refractivity contribution < 1.29 is 13.9 Å². The van der Waals surface area contributed by atoms with Crippen LogP contribution in [-0.4, -0.2) is 34.2 Å². The Morgan fingerprint density at radius 1 is 1.36 bits per heavy atom. The summed E-state index contributed by atoms with van der Waals surface area (Å²) in [5.41, 5.74) is 2.21. The number of methoxy groups -OCH3 is 1. The van der Waals surface area contributed by atoms with Crippen molar-refractivity contribution in [2.75, 3.05) is 7.11 Å². The van der Waals surface area contributed by atoms with Crippen LogP contribution < -0.4 is 5.32 Å². The molecule has 0 unspecified atom stereocenters. The summed E-state index contributed by atoms with van der Waals surface area (Å²) in [5.74, 6) is -0.673. The maximum Gasteiger partial charge on any atom is 0.253 e. The van der Waals surface area contributed by atoms with Crippen LogP contribution >= 0.6 is 0 Å². The van der Waals surface area contributed by atoms with E-state index in [1.165, 1.54) is 19.4 Å². The molecule has 0 radical (unpaired) electrons. The van der Waals surface area contributed by atoms with Gasteiger partial charge in [-0.2, -0.15) is 5.10 Å². The molecule has 0 aliphatic carbocycles. The summed E-state index contributed by atoms with van der Waals surface area (Å²) < 4.78 is 19.4. The first-order valence-electron chi connectivity index (χ1n) is 7.90. The average molecular weight is 342 g/mol. The molecule has 0 saturated carbocycles. The van der Waals surface area contributed by atoms with E-state index in [-0.39, 0.29) is 11.7 Å². The molecule has 130 valence electrons. The third-order valence-corrected chi connectivity index (χ3v) is 4.14. The quantitative estimate of drug-likeness (QED) is 0.747. The van der Waals surface area contributed by atoms with Gasteiger partial charge in [-0.25, -0.2) is 9.37 Å². The largest absolute Gasteiger partial charge is 0.375 e. The Hall–Kier alpha value is -2.80. The van der Waals surface area contributed by atoms with E-state index in [0.717, 1.165) is 11.1 Å². The predicted octanol–water partition coefficient (Wildman–Crippen LogP) is 2.91. The van der Waals surface area contributed by atoms with E-state index in [9.17, 15) is 9.18 Å². The molecule has 0 aliphatic rings. The lowest BCUT2D eigenvalue weighted by Gasteiger charge is -2.24. The van der Waals surface area contributed by atoms with Crippen molar-refractivity contribution in [3.63, 3.8) is 0 Å². The highest BCUT2D eigenvalue weighted by Gasteiger charge is 2.24. The highest BCUT2D eigenvalue weighted by atomic mass is 19.1. The van der Waals surface area contributed by atoms with Gasteiger partial charge < -0.3 is 10.1 Å². The van der Waals surface area contributed by atoms with Crippen LogP contribution in [0, 0.1) is 12.7 Å². The molecular formula is C18H19FN4O2. The Labute approximate surface area is 144 Å². The molecule has 0 bridgehead atoms. The van der Waals surface area contributed by atoms with Gasteiger partial charge in [0.15, 0.2) is 5.65 Å². The van der Waals surface area contributed by atoms with Crippen molar-refractivity contribution >= 4 is 16.9 Å². The van der Waals surface area contributed by atoms with Gasteiger partial charge in [0.05, 0.1) is 11.6 Å². The zero-order valence-electron chi connectivity index (χ0n) is 14.2. The molecule has 6 nitrogen and oxygen atoms in total. The standard InChI is InChI=1S/C18H19FN4O2/c1-10-14-8-12(9-20-17(14)23-22-10)18(24)21-11(2)16(25-3)13-6-4-5-7-15(13)19/h4-9,11,16H,1-3H3,(H,21,24)(H,20,22,23)/t11-,16-/m0/s1. The van der Waals surface area contributed by atoms with Crippen LogP contribution in [-0.2, 0) is 4.74 Å². The van der Waals surface area contributed by atoms with E-state index in [1.54, 1.807) is 31.2 Å². The van der Waals surface area contributed by atoms with Crippen molar-refractivity contribution in [3.8, 4) is 0 Å². The normalized spacial score (nSPS) is 13.6. The summed E-state index contributed by atoms with van der Waals surface area (Å²) in [7, 11) is 1.49. The zero-order chi connectivity index (χ0) is 18.0. The molecule has 2 heterocycles. The Bertz CT molecular complexity index is 909. The number of ether oxygens (including phenoxy) is 1. The highest BCUT2D eigenvalue weighted by molar-refractivity contribution is 5.97. The van der Waals surface area contributed by atoms with E-state index in [0.29, 0.717) is 16.8 Å². The maximum atomic E-state index is 14.0. The maximum absolute atomic E-state index is 14.0. The third kappa shape index (κ3) is 3.36. The van der Waals surface area contributed by atoms with Gasteiger partial charge in [-0.15, -0.1) is 0 Å². The van der Waals surface area contributed by atoms with Crippen LogP contribution in [0.5, 0.6) is 0 Å². The minimum atomic E-state index is -0.600. The first-order chi connectivity index (χ1) is 12.0. The Morgan fingerprint density at radius 3 is 2.84 bits per heavy atom. The van der Waals surface area contributed by atoms with Crippen molar-refractivity contribution in [2.45, 2.75) is 26.0 Å². The van der Waals surface area contributed by atoms with Gasteiger partial charge in [0.25, 0.3) is 5.91 Å². The van der Waals surface area contributed by atoms with Crippen LogP contribution in [0.1, 0.15) is 34.6 Å². The number of aromatic nitrogens is 3. The SMILES string of the molecule is CO[C@H](c1ccccc1F)[C@H](C)NC(=O)c1cnc2n[nH]c(C)c2c1. The summed E-state index contributed by atoms with van der Waals surface area (Å²) in [5, 5.41) is 10.5. The lowest BCUT2D eigenvalue weighted by Crippen LogP contribution is -2.38.